The van der Waals surface area contributed by atoms with Crippen molar-refractivity contribution in [1.82, 2.24) is 4.90 Å². The summed E-state index contributed by atoms with van der Waals surface area (Å²) >= 11 is 0. The molecule has 18 heavy (non-hydrogen) atoms. The Morgan fingerprint density at radius 1 is 1.22 bits per heavy atom. The van der Waals surface area contributed by atoms with Crippen LogP contribution in [0, 0.1) is 0 Å². The van der Waals surface area contributed by atoms with Crippen LogP contribution in [0.3, 0.4) is 0 Å². The van der Waals surface area contributed by atoms with Crippen LogP contribution in [-0.4, -0.2) is 36.4 Å². The molecule has 0 atom stereocenters. The number of nitrogens with zero attached hydrogens (tertiary/aromatic N) is 1. The Bertz CT molecular complexity index is 367. The summed E-state index contributed by atoms with van der Waals surface area (Å²) in [5.74, 6) is 0.757. The molecule has 0 heterocycles. The highest BCUT2D eigenvalue weighted by molar-refractivity contribution is 5.75. The van der Waals surface area contributed by atoms with Gasteiger partial charge < -0.3 is 4.74 Å². The molecular formula is C15H23NO2. The molecule has 0 aliphatic heterocycles. The Kier molecular flexibility index (Phi) is 5.86. The molecule has 3 nitrogen and oxygen atoms in total. The molecule has 0 aliphatic carbocycles. The van der Waals surface area contributed by atoms with E-state index in [9.17, 15) is 4.79 Å². The molecule has 0 saturated carbocycles. The fraction of sp³-hybridized carbons (Fsp3) is 0.533. The predicted molar refractivity (Wildman–Crippen MR) is 74.3 cm³/mol. The first-order chi connectivity index (χ1) is 8.54. The third-order valence-corrected chi connectivity index (χ3v) is 2.94. The molecule has 100 valence electrons. The van der Waals surface area contributed by atoms with E-state index in [4.69, 9.17) is 4.74 Å². The lowest BCUT2D eigenvalue weighted by atomic mass is 10.2. The minimum Gasteiger partial charge on any atom is -0.492 e. The molecule has 0 aliphatic rings. The Hall–Kier alpha value is -1.35. The number of aldehydes is 1. The molecular weight excluding hydrogens is 226 g/mol. The summed E-state index contributed by atoms with van der Waals surface area (Å²) in [4.78, 5) is 13.0. The second kappa shape index (κ2) is 7.17. The lowest BCUT2D eigenvalue weighted by Crippen LogP contribution is -2.39. The van der Waals surface area contributed by atoms with Gasteiger partial charge >= 0.3 is 0 Å². The van der Waals surface area contributed by atoms with E-state index in [-0.39, 0.29) is 0 Å². The lowest BCUT2D eigenvalue weighted by Gasteiger charge is -2.30. The van der Waals surface area contributed by atoms with Crippen molar-refractivity contribution in [1.29, 1.82) is 0 Å². The van der Waals surface area contributed by atoms with E-state index < -0.39 is 0 Å². The highest BCUT2D eigenvalue weighted by Gasteiger charge is 2.12. The SMILES string of the molecule is CC(C)N(CCOc1cccc(C=O)c1)C(C)C. The molecule has 0 N–H and O–H groups in total. The van der Waals surface area contributed by atoms with Crippen LogP contribution in [0.2, 0.25) is 0 Å². The molecule has 0 radical (unpaired) electrons. The van der Waals surface area contributed by atoms with Gasteiger partial charge in [0.25, 0.3) is 0 Å². The maximum absolute atomic E-state index is 10.7. The van der Waals surface area contributed by atoms with Gasteiger partial charge in [-0.1, -0.05) is 12.1 Å². The van der Waals surface area contributed by atoms with Gasteiger partial charge in [0.2, 0.25) is 0 Å². The van der Waals surface area contributed by atoms with Crippen molar-refractivity contribution in [3.05, 3.63) is 29.8 Å². The highest BCUT2D eigenvalue weighted by Crippen LogP contribution is 2.12. The summed E-state index contributed by atoms with van der Waals surface area (Å²) < 4.78 is 5.68. The second-order valence-corrected chi connectivity index (χ2v) is 4.96. The zero-order valence-electron chi connectivity index (χ0n) is 11.7. The van der Waals surface area contributed by atoms with Crippen molar-refractivity contribution in [3.63, 3.8) is 0 Å². The van der Waals surface area contributed by atoms with Crippen molar-refractivity contribution in [3.8, 4) is 5.75 Å². The van der Waals surface area contributed by atoms with Crippen LogP contribution in [0.5, 0.6) is 5.75 Å². The molecule has 3 heteroatoms. The normalized spacial score (nSPS) is 11.3. The number of benzene rings is 1. The molecule has 0 saturated heterocycles. The van der Waals surface area contributed by atoms with Crippen LogP contribution < -0.4 is 4.74 Å². The second-order valence-electron chi connectivity index (χ2n) is 4.96. The Balaban J connectivity index is 2.47. The third kappa shape index (κ3) is 4.49. The van der Waals surface area contributed by atoms with Crippen molar-refractivity contribution in [2.45, 2.75) is 39.8 Å². The maximum Gasteiger partial charge on any atom is 0.150 e. The summed E-state index contributed by atoms with van der Waals surface area (Å²) in [7, 11) is 0. The number of hydrogen-bond donors (Lipinski definition) is 0. The molecule has 1 aromatic carbocycles. The molecule has 0 bridgehead atoms. The number of ether oxygens (including phenoxy) is 1. The molecule has 0 fully saturated rings. The van der Waals surface area contributed by atoms with E-state index in [2.05, 4.69) is 32.6 Å². The smallest absolute Gasteiger partial charge is 0.150 e. The van der Waals surface area contributed by atoms with Crippen molar-refractivity contribution in [2.75, 3.05) is 13.2 Å². The third-order valence-electron chi connectivity index (χ3n) is 2.94. The fourth-order valence-corrected chi connectivity index (χ4v) is 2.06. The summed E-state index contributed by atoms with van der Waals surface area (Å²) in [6, 6.07) is 8.27. The Morgan fingerprint density at radius 3 is 2.44 bits per heavy atom. The van der Waals surface area contributed by atoms with E-state index in [1.54, 1.807) is 12.1 Å². The zero-order chi connectivity index (χ0) is 13.5. The molecule has 0 aromatic heterocycles. The first kappa shape index (κ1) is 14.7. The minimum atomic E-state index is 0.509. The van der Waals surface area contributed by atoms with Gasteiger partial charge in [0.1, 0.15) is 18.6 Å². The van der Waals surface area contributed by atoms with Gasteiger partial charge in [0.15, 0.2) is 0 Å². The molecule has 0 spiro atoms. The van der Waals surface area contributed by atoms with Crippen LogP contribution >= 0.6 is 0 Å². The first-order valence-corrected chi connectivity index (χ1v) is 6.48. The molecule has 1 rings (SSSR count). The first-order valence-electron chi connectivity index (χ1n) is 6.48. The zero-order valence-corrected chi connectivity index (χ0v) is 11.7. The van der Waals surface area contributed by atoms with E-state index in [1.807, 2.05) is 12.1 Å². The van der Waals surface area contributed by atoms with E-state index >= 15 is 0 Å². The number of carbonyl (C=O) groups excluding carboxylic acids is 1. The number of rotatable bonds is 7. The van der Waals surface area contributed by atoms with E-state index in [0.29, 0.717) is 24.3 Å². The van der Waals surface area contributed by atoms with E-state index in [0.717, 1.165) is 18.6 Å². The van der Waals surface area contributed by atoms with Crippen LogP contribution in [0.25, 0.3) is 0 Å². The molecule has 1 aromatic rings. The fourth-order valence-electron chi connectivity index (χ4n) is 2.06. The monoisotopic (exact) mass is 249 g/mol. The van der Waals surface area contributed by atoms with E-state index in [1.165, 1.54) is 0 Å². The standard InChI is InChI=1S/C15H23NO2/c1-12(2)16(13(3)4)8-9-18-15-7-5-6-14(10-15)11-17/h5-7,10-13H,8-9H2,1-4H3. The molecule has 0 unspecified atom stereocenters. The van der Waals surface area contributed by atoms with Crippen LogP contribution in [-0.2, 0) is 0 Å². The minimum absolute atomic E-state index is 0.509. The summed E-state index contributed by atoms with van der Waals surface area (Å²) in [6.45, 7) is 10.3. The predicted octanol–water partition coefficient (Wildman–Crippen LogP) is 3.00. The summed E-state index contributed by atoms with van der Waals surface area (Å²) in [5.41, 5.74) is 0.650. The quantitative estimate of drug-likeness (QED) is 0.696. The Labute approximate surface area is 110 Å². The van der Waals surface area contributed by atoms with Crippen LogP contribution in [0.1, 0.15) is 38.1 Å². The summed E-state index contributed by atoms with van der Waals surface area (Å²) in [5, 5.41) is 0. The van der Waals surface area contributed by atoms with Gasteiger partial charge in [-0.3, -0.25) is 9.69 Å². The average Bonchev–Trinajstić information content (AvgIpc) is 2.34. The number of hydrogen-bond acceptors (Lipinski definition) is 3. The van der Waals surface area contributed by atoms with Gasteiger partial charge in [0.05, 0.1) is 0 Å². The van der Waals surface area contributed by atoms with Gasteiger partial charge in [0, 0.05) is 24.2 Å². The van der Waals surface area contributed by atoms with Gasteiger partial charge in [-0.2, -0.15) is 0 Å². The van der Waals surface area contributed by atoms with Crippen LogP contribution in [0.15, 0.2) is 24.3 Å². The Morgan fingerprint density at radius 2 is 1.89 bits per heavy atom. The lowest BCUT2D eigenvalue weighted by molar-refractivity contribution is 0.112. The van der Waals surface area contributed by atoms with Crippen molar-refractivity contribution >= 4 is 6.29 Å². The number of carbonyl (C=O) groups is 1. The summed E-state index contributed by atoms with van der Waals surface area (Å²) in [6.07, 6.45) is 0.835. The highest BCUT2D eigenvalue weighted by atomic mass is 16.5. The van der Waals surface area contributed by atoms with Crippen molar-refractivity contribution in [2.24, 2.45) is 0 Å². The van der Waals surface area contributed by atoms with Gasteiger partial charge in [-0.05, 0) is 39.8 Å². The van der Waals surface area contributed by atoms with Crippen LogP contribution in [0.4, 0.5) is 0 Å². The topological polar surface area (TPSA) is 29.5 Å². The average molecular weight is 249 g/mol. The van der Waals surface area contributed by atoms with Crippen molar-refractivity contribution < 1.29 is 9.53 Å². The molecule has 0 amide bonds. The largest absolute Gasteiger partial charge is 0.492 e. The maximum atomic E-state index is 10.7. The van der Waals surface area contributed by atoms with Gasteiger partial charge in [-0.25, -0.2) is 0 Å². The van der Waals surface area contributed by atoms with Gasteiger partial charge in [-0.15, -0.1) is 0 Å².